The van der Waals surface area contributed by atoms with Crippen molar-refractivity contribution in [2.75, 3.05) is 26.2 Å². The van der Waals surface area contributed by atoms with Gasteiger partial charge in [0.2, 0.25) is 0 Å². The standard InChI is InChI=1S/C15H28N2OS/c1-6-17(7-2)10-14(18)9-16-12(4)15-8-11(3)19-13(15)5/h8,12,14,16,18H,6-7,9-10H2,1-5H3. The molecule has 0 bridgehead atoms. The number of aryl methyl sites for hydroxylation is 2. The SMILES string of the molecule is CCN(CC)CC(O)CNC(C)c1cc(C)sc1C. The normalized spacial score (nSPS) is 14.9. The van der Waals surface area contributed by atoms with Crippen LogP contribution in [-0.4, -0.2) is 42.3 Å². The first-order valence-corrected chi connectivity index (χ1v) is 8.00. The lowest BCUT2D eigenvalue weighted by Gasteiger charge is -2.23. The fraction of sp³-hybridized carbons (Fsp3) is 0.733. The molecule has 1 aromatic rings. The number of hydrogen-bond acceptors (Lipinski definition) is 4. The zero-order valence-corrected chi connectivity index (χ0v) is 13.7. The molecule has 4 heteroatoms. The van der Waals surface area contributed by atoms with E-state index in [1.165, 1.54) is 15.3 Å². The van der Waals surface area contributed by atoms with Crippen LogP contribution in [0.15, 0.2) is 6.07 Å². The summed E-state index contributed by atoms with van der Waals surface area (Å²) >= 11 is 1.84. The maximum Gasteiger partial charge on any atom is 0.0791 e. The molecular weight excluding hydrogens is 256 g/mol. The van der Waals surface area contributed by atoms with Crippen LogP contribution in [0.2, 0.25) is 0 Å². The van der Waals surface area contributed by atoms with Gasteiger partial charge < -0.3 is 15.3 Å². The number of thiophene rings is 1. The molecule has 0 fully saturated rings. The monoisotopic (exact) mass is 284 g/mol. The van der Waals surface area contributed by atoms with Crippen LogP contribution >= 0.6 is 11.3 Å². The van der Waals surface area contributed by atoms with Gasteiger partial charge in [-0.05, 0) is 45.5 Å². The van der Waals surface area contributed by atoms with Gasteiger partial charge in [-0.1, -0.05) is 13.8 Å². The zero-order chi connectivity index (χ0) is 14.4. The van der Waals surface area contributed by atoms with E-state index in [2.05, 4.69) is 50.9 Å². The first-order valence-electron chi connectivity index (χ1n) is 7.18. The molecule has 110 valence electrons. The molecule has 0 amide bonds. The van der Waals surface area contributed by atoms with Crippen molar-refractivity contribution >= 4 is 11.3 Å². The van der Waals surface area contributed by atoms with E-state index in [9.17, 15) is 5.11 Å². The highest BCUT2D eigenvalue weighted by Gasteiger charge is 2.14. The minimum Gasteiger partial charge on any atom is -0.390 e. The molecule has 0 saturated heterocycles. The molecule has 3 nitrogen and oxygen atoms in total. The largest absolute Gasteiger partial charge is 0.390 e. The predicted molar refractivity (Wildman–Crippen MR) is 84.0 cm³/mol. The lowest BCUT2D eigenvalue weighted by molar-refractivity contribution is 0.114. The van der Waals surface area contributed by atoms with Crippen molar-refractivity contribution in [3.63, 3.8) is 0 Å². The Balaban J connectivity index is 2.41. The molecule has 0 aliphatic heterocycles. The van der Waals surface area contributed by atoms with Gasteiger partial charge in [0.05, 0.1) is 6.10 Å². The number of aliphatic hydroxyl groups is 1. The molecule has 0 radical (unpaired) electrons. The minimum absolute atomic E-state index is 0.302. The lowest BCUT2D eigenvalue weighted by atomic mass is 10.1. The summed E-state index contributed by atoms with van der Waals surface area (Å²) in [4.78, 5) is 4.97. The van der Waals surface area contributed by atoms with Crippen LogP contribution in [0.3, 0.4) is 0 Å². The van der Waals surface area contributed by atoms with Gasteiger partial charge in [-0.25, -0.2) is 0 Å². The van der Waals surface area contributed by atoms with Crippen LogP contribution in [-0.2, 0) is 0 Å². The summed E-state index contributed by atoms with van der Waals surface area (Å²) in [6.45, 7) is 14.1. The summed E-state index contributed by atoms with van der Waals surface area (Å²) in [6.07, 6.45) is -0.303. The maximum absolute atomic E-state index is 10.1. The molecule has 0 aliphatic rings. The first-order chi connectivity index (χ1) is 8.97. The van der Waals surface area contributed by atoms with E-state index in [0.717, 1.165) is 19.6 Å². The summed E-state index contributed by atoms with van der Waals surface area (Å²) in [5.41, 5.74) is 1.36. The number of hydrogen-bond donors (Lipinski definition) is 2. The molecule has 1 rings (SSSR count). The number of nitrogens with zero attached hydrogens (tertiary/aromatic N) is 1. The van der Waals surface area contributed by atoms with Crippen molar-refractivity contribution in [1.29, 1.82) is 0 Å². The van der Waals surface area contributed by atoms with Gasteiger partial charge in [-0.15, -0.1) is 11.3 Å². The third-order valence-corrected chi connectivity index (χ3v) is 4.55. The topological polar surface area (TPSA) is 35.5 Å². The third-order valence-electron chi connectivity index (χ3n) is 3.57. The number of aliphatic hydroxyl groups excluding tert-OH is 1. The quantitative estimate of drug-likeness (QED) is 0.770. The Morgan fingerprint density at radius 3 is 2.42 bits per heavy atom. The van der Waals surface area contributed by atoms with Crippen molar-refractivity contribution in [1.82, 2.24) is 10.2 Å². The Hall–Kier alpha value is -0.420. The maximum atomic E-state index is 10.1. The number of rotatable bonds is 8. The Bertz CT molecular complexity index is 374. The van der Waals surface area contributed by atoms with Gasteiger partial charge in [0.1, 0.15) is 0 Å². The zero-order valence-electron chi connectivity index (χ0n) is 12.9. The highest BCUT2D eigenvalue weighted by atomic mass is 32.1. The van der Waals surface area contributed by atoms with E-state index >= 15 is 0 Å². The van der Waals surface area contributed by atoms with Crippen molar-refractivity contribution < 1.29 is 5.11 Å². The van der Waals surface area contributed by atoms with Gasteiger partial charge in [-0.3, -0.25) is 0 Å². The van der Waals surface area contributed by atoms with Crippen molar-refractivity contribution in [3.05, 3.63) is 21.4 Å². The van der Waals surface area contributed by atoms with Gasteiger partial charge in [0.25, 0.3) is 0 Å². The average molecular weight is 284 g/mol. The molecule has 1 heterocycles. The fourth-order valence-electron chi connectivity index (χ4n) is 2.35. The van der Waals surface area contributed by atoms with E-state index in [1.54, 1.807) is 0 Å². The van der Waals surface area contributed by atoms with E-state index in [4.69, 9.17) is 0 Å². The Labute approximate surface area is 121 Å². The van der Waals surface area contributed by atoms with Crippen molar-refractivity contribution in [2.45, 2.75) is 46.8 Å². The van der Waals surface area contributed by atoms with E-state index in [-0.39, 0.29) is 6.10 Å². The van der Waals surface area contributed by atoms with Crippen LogP contribution in [0, 0.1) is 13.8 Å². The first kappa shape index (κ1) is 16.6. The minimum atomic E-state index is -0.303. The summed E-state index contributed by atoms with van der Waals surface area (Å²) in [5.74, 6) is 0. The Kier molecular flexibility index (Phi) is 7.00. The molecular formula is C15H28N2OS. The molecule has 1 aromatic heterocycles. The van der Waals surface area contributed by atoms with Gasteiger partial charge in [0, 0.05) is 28.9 Å². The molecule has 2 atom stereocenters. The highest BCUT2D eigenvalue weighted by molar-refractivity contribution is 7.12. The van der Waals surface area contributed by atoms with Crippen LogP contribution in [0.4, 0.5) is 0 Å². The number of nitrogens with one attached hydrogen (secondary N) is 1. The smallest absolute Gasteiger partial charge is 0.0791 e. The summed E-state index contributed by atoms with van der Waals surface area (Å²) < 4.78 is 0. The van der Waals surface area contributed by atoms with E-state index in [1.807, 2.05) is 11.3 Å². The van der Waals surface area contributed by atoms with Gasteiger partial charge >= 0.3 is 0 Å². The summed E-state index contributed by atoms with van der Waals surface area (Å²) in [5, 5.41) is 13.5. The van der Waals surface area contributed by atoms with Crippen LogP contribution in [0.5, 0.6) is 0 Å². The lowest BCUT2D eigenvalue weighted by Crippen LogP contribution is -2.38. The Morgan fingerprint density at radius 2 is 1.95 bits per heavy atom. The third kappa shape index (κ3) is 5.22. The second kappa shape index (κ2) is 8.00. The van der Waals surface area contributed by atoms with E-state index in [0.29, 0.717) is 12.6 Å². The second-order valence-corrected chi connectivity index (χ2v) is 6.60. The van der Waals surface area contributed by atoms with Crippen molar-refractivity contribution in [2.24, 2.45) is 0 Å². The van der Waals surface area contributed by atoms with Crippen LogP contribution < -0.4 is 5.32 Å². The van der Waals surface area contributed by atoms with Gasteiger partial charge in [-0.2, -0.15) is 0 Å². The number of likely N-dealkylation sites (N-methyl/N-ethyl adjacent to an activating group) is 1. The summed E-state index contributed by atoms with van der Waals surface area (Å²) in [6, 6.07) is 2.55. The molecule has 0 spiro atoms. The molecule has 0 saturated carbocycles. The molecule has 0 aromatic carbocycles. The van der Waals surface area contributed by atoms with E-state index < -0.39 is 0 Å². The average Bonchev–Trinajstić information content (AvgIpc) is 2.72. The second-order valence-electron chi connectivity index (χ2n) is 5.14. The molecule has 19 heavy (non-hydrogen) atoms. The molecule has 2 N–H and O–H groups in total. The Morgan fingerprint density at radius 1 is 1.32 bits per heavy atom. The molecule has 2 unspecified atom stereocenters. The predicted octanol–water partition coefficient (Wildman–Crippen LogP) is 2.72. The highest BCUT2D eigenvalue weighted by Crippen LogP contribution is 2.25. The van der Waals surface area contributed by atoms with Gasteiger partial charge in [0.15, 0.2) is 0 Å². The fourth-order valence-corrected chi connectivity index (χ4v) is 3.37. The van der Waals surface area contributed by atoms with Crippen LogP contribution in [0.25, 0.3) is 0 Å². The summed E-state index contributed by atoms with van der Waals surface area (Å²) in [7, 11) is 0. The molecule has 0 aliphatic carbocycles. The van der Waals surface area contributed by atoms with Crippen molar-refractivity contribution in [3.8, 4) is 0 Å². The van der Waals surface area contributed by atoms with Crippen LogP contribution in [0.1, 0.15) is 42.1 Å².